The lowest BCUT2D eigenvalue weighted by molar-refractivity contribution is 0.0552. The number of aromatic amines is 1. The van der Waals surface area contributed by atoms with Gasteiger partial charge in [-0.2, -0.15) is 0 Å². The minimum atomic E-state index is -0.614. The van der Waals surface area contributed by atoms with Gasteiger partial charge in [-0.1, -0.05) is 42.5 Å². The summed E-state index contributed by atoms with van der Waals surface area (Å²) >= 11 is 0. The Bertz CT molecular complexity index is 856. The molecule has 116 valence electrons. The van der Waals surface area contributed by atoms with Gasteiger partial charge in [0, 0.05) is 11.3 Å². The smallest absolute Gasteiger partial charge is 0.355 e. The average Bonchev–Trinajstić information content (AvgIpc) is 3.05. The lowest BCUT2D eigenvalue weighted by Gasteiger charge is -2.04. The lowest BCUT2D eigenvalue weighted by atomic mass is 10.0. The highest BCUT2D eigenvalue weighted by Gasteiger charge is 2.23. The average molecular weight is 309 g/mol. The zero-order valence-electron chi connectivity index (χ0n) is 12.8. The molecule has 2 aromatic carbocycles. The summed E-state index contributed by atoms with van der Waals surface area (Å²) < 4.78 is 9.47. The van der Waals surface area contributed by atoms with Gasteiger partial charge < -0.3 is 14.5 Å². The fourth-order valence-electron chi connectivity index (χ4n) is 2.59. The summed E-state index contributed by atoms with van der Waals surface area (Å²) in [5, 5.41) is 2.09. The predicted molar refractivity (Wildman–Crippen MR) is 86.4 cm³/mol. The first-order valence-electron chi connectivity index (χ1n) is 7.03. The Hall–Kier alpha value is -3.08. The number of aromatic nitrogens is 1. The van der Waals surface area contributed by atoms with Crippen LogP contribution in [0.2, 0.25) is 0 Å². The highest BCUT2D eigenvalue weighted by Crippen LogP contribution is 2.30. The number of rotatable bonds is 3. The van der Waals surface area contributed by atoms with Crippen molar-refractivity contribution < 1.29 is 19.1 Å². The number of carbonyl (C=O) groups excluding carboxylic acids is 2. The van der Waals surface area contributed by atoms with Crippen LogP contribution in [0.3, 0.4) is 0 Å². The van der Waals surface area contributed by atoms with Crippen molar-refractivity contribution in [2.75, 3.05) is 14.2 Å². The molecule has 0 amide bonds. The van der Waals surface area contributed by atoms with Crippen LogP contribution in [0.1, 0.15) is 20.8 Å². The normalized spacial score (nSPS) is 10.5. The Kier molecular flexibility index (Phi) is 3.85. The second-order valence-electron chi connectivity index (χ2n) is 4.98. The summed E-state index contributed by atoms with van der Waals surface area (Å²) in [6.45, 7) is 0. The molecule has 0 fully saturated rings. The molecule has 0 unspecified atom stereocenters. The standard InChI is InChI=1S/C18H15NO4/c1-22-17(20)14-10-15(19-16(14)18(21)23-2)13-9-5-7-11-6-3-4-8-12(11)13/h3-10,19H,1-2H3. The molecule has 1 heterocycles. The number of esters is 2. The van der Waals surface area contributed by atoms with Crippen LogP contribution >= 0.6 is 0 Å². The Morgan fingerprint density at radius 2 is 1.61 bits per heavy atom. The van der Waals surface area contributed by atoms with Crippen molar-refractivity contribution in [3.05, 3.63) is 59.8 Å². The molecule has 0 radical (unpaired) electrons. The zero-order chi connectivity index (χ0) is 16.4. The Morgan fingerprint density at radius 1 is 0.913 bits per heavy atom. The molecule has 3 rings (SSSR count). The third kappa shape index (κ3) is 2.57. The number of nitrogens with one attached hydrogen (secondary N) is 1. The van der Waals surface area contributed by atoms with Crippen LogP contribution in [0, 0.1) is 0 Å². The van der Waals surface area contributed by atoms with Crippen molar-refractivity contribution >= 4 is 22.7 Å². The Labute approximate surface area is 132 Å². The predicted octanol–water partition coefficient (Wildman–Crippen LogP) is 3.41. The molecule has 0 aliphatic heterocycles. The molecular weight excluding hydrogens is 294 g/mol. The van der Waals surface area contributed by atoms with E-state index < -0.39 is 11.9 Å². The third-order valence-corrected chi connectivity index (χ3v) is 3.69. The number of methoxy groups -OCH3 is 2. The number of H-pyrrole nitrogens is 1. The fourth-order valence-corrected chi connectivity index (χ4v) is 2.59. The van der Waals surface area contributed by atoms with Crippen molar-refractivity contribution in [1.29, 1.82) is 0 Å². The maximum atomic E-state index is 11.9. The molecule has 1 aromatic heterocycles. The quantitative estimate of drug-likeness (QED) is 0.753. The van der Waals surface area contributed by atoms with Gasteiger partial charge in [0.05, 0.1) is 19.8 Å². The molecule has 23 heavy (non-hydrogen) atoms. The first-order valence-corrected chi connectivity index (χ1v) is 7.03. The number of carbonyl (C=O) groups is 2. The van der Waals surface area contributed by atoms with Crippen molar-refractivity contribution in [2.45, 2.75) is 0 Å². The molecule has 5 nitrogen and oxygen atoms in total. The van der Waals surface area contributed by atoms with Gasteiger partial charge in [0.15, 0.2) is 0 Å². The molecule has 0 aliphatic carbocycles. The zero-order valence-corrected chi connectivity index (χ0v) is 12.8. The molecular formula is C18H15NO4. The molecule has 3 aromatic rings. The minimum Gasteiger partial charge on any atom is -0.465 e. The first-order chi connectivity index (χ1) is 11.2. The third-order valence-electron chi connectivity index (χ3n) is 3.69. The number of benzene rings is 2. The van der Waals surface area contributed by atoms with Gasteiger partial charge in [-0.15, -0.1) is 0 Å². The molecule has 0 spiro atoms. The maximum absolute atomic E-state index is 11.9. The van der Waals surface area contributed by atoms with E-state index in [-0.39, 0.29) is 11.3 Å². The van der Waals surface area contributed by atoms with Gasteiger partial charge in [-0.25, -0.2) is 9.59 Å². The number of fused-ring (bicyclic) bond motifs is 1. The number of hydrogen-bond acceptors (Lipinski definition) is 4. The van der Waals surface area contributed by atoms with Gasteiger partial charge >= 0.3 is 11.9 Å². The van der Waals surface area contributed by atoms with Crippen molar-refractivity contribution in [3.63, 3.8) is 0 Å². The largest absolute Gasteiger partial charge is 0.465 e. The summed E-state index contributed by atoms with van der Waals surface area (Å²) in [7, 11) is 2.54. The molecule has 0 aliphatic rings. The summed E-state index contributed by atoms with van der Waals surface area (Å²) in [6, 6.07) is 15.4. The van der Waals surface area contributed by atoms with Crippen LogP contribution in [0.25, 0.3) is 22.0 Å². The van der Waals surface area contributed by atoms with E-state index >= 15 is 0 Å². The molecule has 0 saturated carbocycles. The first kappa shape index (κ1) is 14.8. The van der Waals surface area contributed by atoms with Gasteiger partial charge in [0.1, 0.15) is 5.69 Å². The SMILES string of the molecule is COC(=O)c1cc(-c2cccc3ccccc23)[nH]c1C(=O)OC. The van der Waals surface area contributed by atoms with E-state index in [9.17, 15) is 9.59 Å². The molecule has 0 bridgehead atoms. The molecule has 0 saturated heterocycles. The van der Waals surface area contributed by atoms with Gasteiger partial charge in [-0.05, 0) is 16.8 Å². The van der Waals surface area contributed by atoms with Crippen LogP contribution in [0.15, 0.2) is 48.5 Å². The van der Waals surface area contributed by atoms with E-state index in [4.69, 9.17) is 9.47 Å². The second-order valence-corrected chi connectivity index (χ2v) is 4.98. The highest BCUT2D eigenvalue weighted by molar-refractivity contribution is 6.05. The summed E-state index contributed by atoms with van der Waals surface area (Å²) in [5.74, 6) is -1.20. The number of ether oxygens (including phenoxy) is 2. The van der Waals surface area contributed by atoms with E-state index in [1.165, 1.54) is 14.2 Å². The van der Waals surface area contributed by atoms with Crippen LogP contribution in [-0.4, -0.2) is 31.1 Å². The summed E-state index contributed by atoms with van der Waals surface area (Å²) in [5.41, 5.74) is 1.79. The fraction of sp³-hybridized carbons (Fsp3) is 0.111. The van der Waals surface area contributed by atoms with Crippen molar-refractivity contribution in [1.82, 2.24) is 4.98 Å². The monoisotopic (exact) mass is 309 g/mol. The summed E-state index contributed by atoms with van der Waals surface area (Å²) in [4.78, 5) is 26.8. The topological polar surface area (TPSA) is 68.4 Å². The molecule has 0 atom stereocenters. The van der Waals surface area contributed by atoms with Crippen molar-refractivity contribution in [2.24, 2.45) is 0 Å². The van der Waals surface area contributed by atoms with E-state index in [0.29, 0.717) is 5.69 Å². The van der Waals surface area contributed by atoms with E-state index in [2.05, 4.69) is 4.98 Å². The lowest BCUT2D eigenvalue weighted by Crippen LogP contribution is -2.10. The van der Waals surface area contributed by atoms with E-state index in [0.717, 1.165) is 16.3 Å². The van der Waals surface area contributed by atoms with Crippen LogP contribution in [-0.2, 0) is 9.47 Å². The highest BCUT2D eigenvalue weighted by atomic mass is 16.5. The van der Waals surface area contributed by atoms with Crippen molar-refractivity contribution in [3.8, 4) is 11.3 Å². The minimum absolute atomic E-state index is 0.0854. The van der Waals surface area contributed by atoms with Crippen LogP contribution in [0.4, 0.5) is 0 Å². The molecule has 1 N–H and O–H groups in total. The molecule has 5 heteroatoms. The Morgan fingerprint density at radius 3 is 2.35 bits per heavy atom. The van der Waals surface area contributed by atoms with Crippen LogP contribution in [0.5, 0.6) is 0 Å². The van der Waals surface area contributed by atoms with Gasteiger partial charge in [0.25, 0.3) is 0 Å². The second kappa shape index (κ2) is 5.96. The van der Waals surface area contributed by atoms with Gasteiger partial charge in [0.2, 0.25) is 0 Å². The maximum Gasteiger partial charge on any atom is 0.355 e. The van der Waals surface area contributed by atoms with E-state index in [1.807, 2.05) is 42.5 Å². The van der Waals surface area contributed by atoms with Crippen LogP contribution < -0.4 is 0 Å². The Balaban J connectivity index is 2.22. The van der Waals surface area contributed by atoms with Gasteiger partial charge in [-0.3, -0.25) is 0 Å². The number of hydrogen-bond donors (Lipinski definition) is 1. The van der Waals surface area contributed by atoms with E-state index in [1.54, 1.807) is 6.07 Å². The summed E-state index contributed by atoms with van der Waals surface area (Å²) in [6.07, 6.45) is 0.